The Labute approximate surface area is 114 Å². The number of aryl methyl sites for hydroxylation is 1. The van der Waals surface area contributed by atoms with E-state index in [1.807, 2.05) is 0 Å². The van der Waals surface area contributed by atoms with E-state index >= 15 is 0 Å². The summed E-state index contributed by atoms with van der Waals surface area (Å²) in [6.45, 7) is 1.77. The van der Waals surface area contributed by atoms with Crippen molar-refractivity contribution >= 4 is 34.4 Å². The number of nitrogens with one attached hydrogen (secondary N) is 1. The zero-order chi connectivity index (χ0) is 12.4. The van der Waals surface area contributed by atoms with Crippen molar-refractivity contribution in [3.8, 4) is 0 Å². The monoisotopic (exact) mass is 347 g/mol. The van der Waals surface area contributed by atoms with Gasteiger partial charge in [0.15, 0.2) is 11.5 Å². The van der Waals surface area contributed by atoms with Crippen LogP contribution in [0.25, 0.3) is 0 Å². The molecule has 1 N–H and O–H groups in total. The van der Waals surface area contributed by atoms with Crippen LogP contribution in [0.3, 0.4) is 0 Å². The van der Waals surface area contributed by atoms with Crippen molar-refractivity contribution in [1.82, 2.24) is 9.97 Å². The Morgan fingerprint density at radius 1 is 1.47 bits per heavy atom. The minimum atomic E-state index is -0.442. The van der Waals surface area contributed by atoms with E-state index in [4.69, 9.17) is 0 Å². The molecule has 1 fully saturated rings. The number of anilines is 1. The molecule has 0 saturated heterocycles. The number of aromatic nitrogens is 2. The minimum Gasteiger partial charge on any atom is -0.464 e. The molecule has 0 aromatic carbocycles. The van der Waals surface area contributed by atoms with Gasteiger partial charge in [0.2, 0.25) is 0 Å². The minimum absolute atomic E-state index is 0.288. The maximum atomic E-state index is 11.4. The summed E-state index contributed by atoms with van der Waals surface area (Å²) >= 11 is 2.08. The topological polar surface area (TPSA) is 64.1 Å². The molecule has 6 heteroatoms. The van der Waals surface area contributed by atoms with E-state index in [0.717, 1.165) is 5.82 Å². The molecule has 0 spiro atoms. The Kier molecular flexibility index (Phi) is 3.80. The average molecular weight is 347 g/mol. The number of carbonyl (C=O) groups is 1. The number of ether oxygens (including phenoxy) is 1. The number of hydrogen-bond donors (Lipinski definition) is 1. The Hall–Kier alpha value is -0.920. The summed E-state index contributed by atoms with van der Waals surface area (Å²) in [6.07, 6.45) is 3.62. The molecule has 1 aliphatic rings. The lowest BCUT2D eigenvalue weighted by Gasteiger charge is -2.27. The Morgan fingerprint density at radius 3 is 2.71 bits per heavy atom. The van der Waals surface area contributed by atoms with Gasteiger partial charge in [-0.05, 0) is 48.8 Å². The van der Waals surface area contributed by atoms with E-state index < -0.39 is 5.97 Å². The predicted octanol–water partition coefficient (Wildman–Crippen LogP) is 2.14. The first-order valence-corrected chi connectivity index (χ1v) is 6.58. The van der Waals surface area contributed by atoms with Crippen molar-refractivity contribution < 1.29 is 9.53 Å². The third-order valence-electron chi connectivity index (χ3n) is 2.85. The fourth-order valence-electron chi connectivity index (χ4n) is 1.63. The summed E-state index contributed by atoms with van der Waals surface area (Å²) < 4.78 is 5.37. The highest BCUT2D eigenvalue weighted by Gasteiger charge is 2.21. The number of rotatable bonds is 3. The highest BCUT2D eigenvalue weighted by molar-refractivity contribution is 14.1. The van der Waals surface area contributed by atoms with Gasteiger partial charge in [0, 0.05) is 6.04 Å². The molecule has 5 nitrogen and oxygen atoms in total. The van der Waals surface area contributed by atoms with Crippen molar-refractivity contribution in [2.24, 2.45) is 0 Å². The third kappa shape index (κ3) is 2.67. The van der Waals surface area contributed by atoms with E-state index in [-0.39, 0.29) is 5.69 Å². The fraction of sp³-hybridized carbons (Fsp3) is 0.545. The van der Waals surface area contributed by atoms with Crippen LogP contribution in [-0.4, -0.2) is 29.1 Å². The SMILES string of the molecule is COC(=O)c1nc(I)c(NC2CCC2)nc1C. The van der Waals surface area contributed by atoms with Crippen LogP contribution in [0.2, 0.25) is 0 Å². The van der Waals surface area contributed by atoms with Crippen molar-refractivity contribution in [1.29, 1.82) is 0 Å². The standard InChI is InChI=1S/C11H14IN3O2/c1-6-8(11(16)17-2)15-9(12)10(13-6)14-7-4-3-5-7/h7H,3-5H2,1-2H3,(H,13,14). The first-order valence-electron chi connectivity index (χ1n) is 5.51. The zero-order valence-electron chi connectivity index (χ0n) is 9.79. The molecule has 0 bridgehead atoms. The molecular weight excluding hydrogens is 333 g/mol. The molecule has 1 aromatic rings. The molecule has 92 valence electrons. The Balaban J connectivity index is 2.24. The average Bonchev–Trinajstić information content (AvgIpc) is 2.26. The lowest BCUT2D eigenvalue weighted by atomic mass is 9.93. The molecule has 17 heavy (non-hydrogen) atoms. The summed E-state index contributed by atoms with van der Waals surface area (Å²) in [5.74, 6) is 0.323. The summed E-state index contributed by atoms with van der Waals surface area (Å²) in [4.78, 5) is 20.1. The molecule has 2 rings (SSSR count). The molecule has 0 aliphatic heterocycles. The van der Waals surface area contributed by atoms with Crippen molar-refractivity contribution in [2.45, 2.75) is 32.2 Å². The first kappa shape index (κ1) is 12.5. The molecule has 1 saturated carbocycles. The quantitative estimate of drug-likeness (QED) is 0.671. The van der Waals surface area contributed by atoms with Crippen LogP contribution < -0.4 is 5.32 Å². The molecule has 1 aliphatic carbocycles. The smallest absolute Gasteiger partial charge is 0.358 e. The van der Waals surface area contributed by atoms with E-state index in [9.17, 15) is 4.79 Å². The highest BCUT2D eigenvalue weighted by Crippen LogP contribution is 2.25. The molecule has 0 amide bonds. The summed E-state index contributed by atoms with van der Waals surface area (Å²) in [5.41, 5.74) is 0.884. The number of halogens is 1. The normalized spacial score (nSPS) is 15.2. The van der Waals surface area contributed by atoms with Gasteiger partial charge in [-0.3, -0.25) is 0 Å². The molecular formula is C11H14IN3O2. The summed E-state index contributed by atoms with van der Waals surface area (Å²) in [7, 11) is 1.34. The lowest BCUT2D eigenvalue weighted by molar-refractivity contribution is 0.0592. The third-order valence-corrected chi connectivity index (χ3v) is 3.60. The van der Waals surface area contributed by atoms with Gasteiger partial charge in [0.1, 0.15) is 3.70 Å². The first-order chi connectivity index (χ1) is 8.11. The van der Waals surface area contributed by atoms with Gasteiger partial charge in [-0.2, -0.15) is 0 Å². The number of hydrogen-bond acceptors (Lipinski definition) is 5. The molecule has 1 aromatic heterocycles. The van der Waals surface area contributed by atoms with E-state index in [1.54, 1.807) is 6.92 Å². The van der Waals surface area contributed by atoms with Gasteiger partial charge in [0.05, 0.1) is 12.8 Å². The second-order valence-corrected chi connectivity index (χ2v) is 5.08. The van der Waals surface area contributed by atoms with Crippen LogP contribution in [-0.2, 0) is 4.74 Å². The maximum Gasteiger partial charge on any atom is 0.358 e. The van der Waals surface area contributed by atoms with Gasteiger partial charge < -0.3 is 10.1 Å². The maximum absolute atomic E-state index is 11.4. The molecule has 0 radical (unpaired) electrons. The van der Waals surface area contributed by atoms with Crippen LogP contribution >= 0.6 is 22.6 Å². The van der Waals surface area contributed by atoms with Crippen LogP contribution in [0.5, 0.6) is 0 Å². The van der Waals surface area contributed by atoms with Crippen molar-refractivity contribution in [3.63, 3.8) is 0 Å². The van der Waals surface area contributed by atoms with Gasteiger partial charge in [-0.15, -0.1) is 0 Å². The summed E-state index contributed by atoms with van der Waals surface area (Å²) in [6, 6.07) is 0.501. The van der Waals surface area contributed by atoms with E-state index in [2.05, 4.69) is 42.6 Å². The van der Waals surface area contributed by atoms with Gasteiger partial charge >= 0.3 is 5.97 Å². The van der Waals surface area contributed by atoms with E-state index in [1.165, 1.54) is 26.4 Å². The van der Waals surface area contributed by atoms with Gasteiger partial charge in [0.25, 0.3) is 0 Å². The van der Waals surface area contributed by atoms with Crippen LogP contribution in [0.4, 0.5) is 5.82 Å². The van der Waals surface area contributed by atoms with Gasteiger partial charge in [-0.25, -0.2) is 14.8 Å². The number of methoxy groups -OCH3 is 1. The van der Waals surface area contributed by atoms with E-state index in [0.29, 0.717) is 15.4 Å². The molecule has 1 heterocycles. The number of esters is 1. The second kappa shape index (κ2) is 5.16. The number of carbonyl (C=O) groups excluding carboxylic acids is 1. The summed E-state index contributed by atoms with van der Waals surface area (Å²) in [5, 5.41) is 3.34. The Bertz CT molecular complexity index is 447. The Morgan fingerprint density at radius 2 is 2.18 bits per heavy atom. The fourth-order valence-corrected chi connectivity index (χ4v) is 2.14. The second-order valence-electron chi connectivity index (χ2n) is 4.06. The number of nitrogens with zero attached hydrogens (tertiary/aromatic N) is 2. The van der Waals surface area contributed by atoms with Crippen molar-refractivity contribution in [2.75, 3.05) is 12.4 Å². The van der Waals surface area contributed by atoms with Crippen LogP contribution in [0.15, 0.2) is 0 Å². The highest BCUT2D eigenvalue weighted by atomic mass is 127. The largest absolute Gasteiger partial charge is 0.464 e. The molecule has 0 atom stereocenters. The van der Waals surface area contributed by atoms with Gasteiger partial charge in [-0.1, -0.05) is 0 Å². The predicted molar refractivity (Wildman–Crippen MR) is 72.1 cm³/mol. The van der Waals surface area contributed by atoms with Crippen molar-refractivity contribution in [3.05, 3.63) is 15.1 Å². The van der Waals surface area contributed by atoms with Crippen LogP contribution in [0.1, 0.15) is 35.4 Å². The lowest BCUT2D eigenvalue weighted by Crippen LogP contribution is -2.28. The van der Waals surface area contributed by atoms with Crippen LogP contribution in [0, 0.1) is 10.6 Å². The zero-order valence-corrected chi connectivity index (χ0v) is 11.9. The molecule has 0 unspecified atom stereocenters.